The van der Waals surface area contributed by atoms with Gasteiger partial charge in [0.05, 0.1) is 31.0 Å². The number of methoxy groups -OCH3 is 2. The van der Waals surface area contributed by atoms with Gasteiger partial charge in [-0.1, -0.05) is 29.8 Å². The van der Waals surface area contributed by atoms with E-state index >= 15 is 0 Å². The molecule has 0 saturated heterocycles. The highest BCUT2D eigenvalue weighted by atomic mass is 35.5. The van der Waals surface area contributed by atoms with Gasteiger partial charge in [-0.2, -0.15) is 0 Å². The normalized spacial score (nSPS) is 12.1. The molecule has 0 saturated carbocycles. The Morgan fingerprint density at radius 2 is 1.54 bits per heavy atom. The van der Waals surface area contributed by atoms with E-state index in [1.165, 1.54) is 31.9 Å². The Bertz CT molecular complexity index is 1420. The van der Waals surface area contributed by atoms with Gasteiger partial charge < -0.3 is 14.8 Å². The molecule has 1 unspecified atom stereocenters. The molecule has 0 heterocycles. The van der Waals surface area contributed by atoms with E-state index in [0.29, 0.717) is 5.75 Å². The van der Waals surface area contributed by atoms with Gasteiger partial charge in [0, 0.05) is 0 Å². The van der Waals surface area contributed by atoms with Crippen LogP contribution in [-0.2, 0) is 14.8 Å². The number of carbonyl (C=O) groups excluding carboxylic acids is 1. The summed E-state index contributed by atoms with van der Waals surface area (Å²) in [4.78, 5) is 13.2. The number of anilines is 1. The number of aryl methyl sites for hydroxylation is 4. The van der Waals surface area contributed by atoms with E-state index in [4.69, 9.17) is 21.1 Å². The lowest BCUT2D eigenvalue weighted by atomic mass is 9.96. The molecule has 0 spiro atoms. The van der Waals surface area contributed by atoms with E-state index in [-0.39, 0.29) is 27.4 Å². The molecule has 9 heteroatoms. The fourth-order valence-electron chi connectivity index (χ4n) is 4.17. The van der Waals surface area contributed by atoms with E-state index in [2.05, 4.69) is 11.4 Å². The second-order valence-corrected chi connectivity index (χ2v) is 11.3. The number of benzene rings is 3. The molecule has 0 aromatic heterocycles. The highest BCUT2D eigenvalue weighted by molar-refractivity contribution is 7.93. The second kappa shape index (κ2) is 11.4. The monoisotopic (exact) mass is 544 g/mol. The summed E-state index contributed by atoms with van der Waals surface area (Å²) in [6.07, 6.45) is 0. The SMILES string of the molecule is COc1ccc(N(CC(=O)NC(C)c2cc(C)c(C)cc2C)S(=O)(=O)c2cc(C)ccc2OC)cc1Cl. The molecule has 0 aliphatic rings. The molecule has 198 valence electrons. The lowest BCUT2D eigenvalue weighted by Gasteiger charge is -2.26. The van der Waals surface area contributed by atoms with Gasteiger partial charge in [0.2, 0.25) is 5.91 Å². The Kier molecular flexibility index (Phi) is 8.76. The van der Waals surface area contributed by atoms with E-state index in [0.717, 1.165) is 26.6 Å². The minimum Gasteiger partial charge on any atom is -0.495 e. The van der Waals surface area contributed by atoms with Crippen molar-refractivity contribution in [1.29, 1.82) is 0 Å². The molecule has 3 rings (SSSR count). The van der Waals surface area contributed by atoms with Crippen LogP contribution in [-0.4, -0.2) is 35.1 Å². The third-order valence-electron chi connectivity index (χ3n) is 6.32. The van der Waals surface area contributed by atoms with Crippen LogP contribution in [0.1, 0.15) is 40.8 Å². The molecular formula is C28H33ClN2O5S. The lowest BCUT2D eigenvalue weighted by Crippen LogP contribution is -2.41. The van der Waals surface area contributed by atoms with Crippen LogP contribution in [0.25, 0.3) is 0 Å². The van der Waals surface area contributed by atoms with Crippen molar-refractivity contribution in [3.8, 4) is 11.5 Å². The quantitative estimate of drug-likeness (QED) is 0.375. The van der Waals surface area contributed by atoms with Gasteiger partial charge in [0.15, 0.2) is 0 Å². The van der Waals surface area contributed by atoms with Crippen molar-refractivity contribution < 1.29 is 22.7 Å². The van der Waals surface area contributed by atoms with Crippen molar-refractivity contribution in [2.75, 3.05) is 25.1 Å². The maximum atomic E-state index is 13.9. The second-order valence-electron chi connectivity index (χ2n) is 9.07. The first-order valence-corrected chi connectivity index (χ1v) is 13.6. The zero-order chi connectivity index (χ0) is 27.5. The minimum atomic E-state index is -4.22. The third-order valence-corrected chi connectivity index (χ3v) is 8.41. The number of hydrogen-bond donors (Lipinski definition) is 1. The van der Waals surface area contributed by atoms with Crippen LogP contribution < -0.4 is 19.1 Å². The maximum Gasteiger partial charge on any atom is 0.268 e. The van der Waals surface area contributed by atoms with Crippen LogP contribution in [0.4, 0.5) is 5.69 Å². The van der Waals surface area contributed by atoms with Crippen molar-refractivity contribution in [3.63, 3.8) is 0 Å². The molecule has 7 nitrogen and oxygen atoms in total. The molecule has 0 aliphatic heterocycles. The third kappa shape index (κ3) is 6.19. The van der Waals surface area contributed by atoms with E-state index in [9.17, 15) is 13.2 Å². The summed E-state index contributed by atoms with van der Waals surface area (Å²) < 4.78 is 39.5. The summed E-state index contributed by atoms with van der Waals surface area (Å²) in [6.45, 7) is 9.25. The molecular weight excluding hydrogens is 512 g/mol. The van der Waals surface area contributed by atoms with Gasteiger partial charge in [-0.3, -0.25) is 9.10 Å². The fourth-order valence-corrected chi connectivity index (χ4v) is 6.08. The smallest absolute Gasteiger partial charge is 0.268 e. The Morgan fingerprint density at radius 3 is 2.16 bits per heavy atom. The predicted molar refractivity (Wildman–Crippen MR) is 147 cm³/mol. The Labute approximate surface area is 224 Å². The van der Waals surface area contributed by atoms with Crippen molar-refractivity contribution in [2.24, 2.45) is 0 Å². The average molecular weight is 545 g/mol. The number of carbonyl (C=O) groups is 1. The van der Waals surface area contributed by atoms with E-state index in [1.807, 2.05) is 33.8 Å². The molecule has 3 aromatic carbocycles. The summed E-state index contributed by atoms with van der Waals surface area (Å²) in [5, 5.41) is 3.17. The van der Waals surface area contributed by atoms with Crippen LogP contribution in [0.3, 0.4) is 0 Å². The number of sulfonamides is 1. The average Bonchev–Trinajstić information content (AvgIpc) is 2.84. The first-order valence-electron chi connectivity index (χ1n) is 11.8. The van der Waals surface area contributed by atoms with Crippen molar-refractivity contribution in [3.05, 3.63) is 81.4 Å². The number of hydrogen-bond acceptors (Lipinski definition) is 5. The number of nitrogens with zero attached hydrogens (tertiary/aromatic N) is 1. The first kappa shape index (κ1) is 28.3. The van der Waals surface area contributed by atoms with Crippen LogP contribution in [0, 0.1) is 27.7 Å². The van der Waals surface area contributed by atoms with Crippen molar-refractivity contribution >= 4 is 33.2 Å². The topological polar surface area (TPSA) is 84.9 Å². The number of amides is 1. The fraction of sp³-hybridized carbons (Fsp3) is 0.321. The molecule has 1 amide bonds. The summed E-state index contributed by atoms with van der Waals surface area (Å²) in [5.41, 5.74) is 5.26. The number of rotatable bonds is 9. The Morgan fingerprint density at radius 1 is 0.919 bits per heavy atom. The van der Waals surface area contributed by atoms with E-state index < -0.39 is 22.5 Å². The maximum absolute atomic E-state index is 13.9. The lowest BCUT2D eigenvalue weighted by molar-refractivity contribution is -0.120. The predicted octanol–water partition coefficient (Wildman–Crippen LogP) is 5.66. The summed E-state index contributed by atoms with van der Waals surface area (Å²) in [5.74, 6) is 0.0983. The highest BCUT2D eigenvalue weighted by Gasteiger charge is 2.31. The Hall–Kier alpha value is -3.23. The zero-order valence-corrected chi connectivity index (χ0v) is 23.8. The molecule has 0 fully saturated rings. The zero-order valence-electron chi connectivity index (χ0n) is 22.2. The standard InChI is InChI=1S/C28H33ClN2O5S/c1-17-8-10-26(36-7)27(12-17)37(33,34)31(22-9-11-25(35-6)24(29)15-22)16-28(32)30-21(5)23-14-19(3)18(2)13-20(23)4/h8-15,21H,16H2,1-7H3,(H,30,32). The molecule has 0 bridgehead atoms. The molecule has 0 radical (unpaired) electrons. The highest BCUT2D eigenvalue weighted by Crippen LogP contribution is 2.34. The van der Waals surface area contributed by atoms with Gasteiger partial charge in [0.25, 0.3) is 10.0 Å². The largest absolute Gasteiger partial charge is 0.495 e. The summed E-state index contributed by atoms with van der Waals surface area (Å²) in [6, 6.07) is 13.2. The van der Waals surface area contributed by atoms with Crippen LogP contribution in [0.2, 0.25) is 5.02 Å². The number of ether oxygens (including phenoxy) is 2. The summed E-state index contributed by atoms with van der Waals surface area (Å²) >= 11 is 6.33. The minimum absolute atomic E-state index is 0.0483. The summed E-state index contributed by atoms with van der Waals surface area (Å²) in [7, 11) is -1.35. The molecule has 37 heavy (non-hydrogen) atoms. The number of nitrogens with one attached hydrogen (secondary N) is 1. The number of halogens is 1. The molecule has 1 N–H and O–H groups in total. The van der Waals surface area contributed by atoms with Gasteiger partial charge in [-0.25, -0.2) is 8.42 Å². The molecule has 0 aliphatic carbocycles. The van der Waals surface area contributed by atoms with Gasteiger partial charge >= 0.3 is 0 Å². The molecule has 3 aromatic rings. The van der Waals surface area contributed by atoms with Crippen LogP contribution in [0.15, 0.2) is 53.4 Å². The van der Waals surface area contributed by atoms with Gasteiger partial charge in [0.1, 0.15) is 22.9 Å². The first-order chi connectivity index (χ1) is 17.4. The van der Waals surface area contributed by atoms with Gasteiger partial charge in [-0.05, 0) is 92.8 Å². The van der Waals surface area contributed by atoms with Crippen molar-refractivity contribution in [1.82, 2.24) is 5.32 Å². The van der Waals surface area contributed by atoms with E-state index in [1.54, 1.807) is 31.2 Å². The van der Waals surface area contributed by atoms with Crippen LogP contribution >= 0.6 is 11.6 Å². The molecule has 1 atom stereocenters. The van der Waals surface area contributed by atoms with Crippen molar-refractivity contribution in [2.45, 2.75) is 45.6 Å². The van der Waals surface area contributed by atoms with Gasteiger partial charge in [-0.15, -0.1) is 0 Å². The Balaban J connectivity index is 2.02. The van der Waals surface area contributed by atoms with Crippen LogP contribution in [0.5, 0.6) is 11.5 Å².